The molecule has 0 saturated heterocycles. The van der Waals surface area contributed by atoms with Crippen LogP contribution < -0.4 is 5.14 Å². The molecule has 0 bridgehead atoms. The number of nitrogens with zero attached hydrogens (tertiary/aromatic N) is 3. The van der Waals surface area contributed by atoms with Gasteiger partial charge in [0, 0.05) is 12.5 Å². The fraction of sp³-hybridized carbons (Fsp3) is 0.385. The van der Waals surface area contributed by atoms with Gasteiger partial charge in [-0.2, -0.15) is 0 Å². The number of aryl methyl sites for hydroxylation is 2. The van der Waals surface area contributed by atoms with Gasteiger partial charge in [-0.25, -0.2) is 13.6 Å². The molecule has 1 aliphatic carbocycles. The molecule has 6 nitrogen and oxygen atoms in total. The van der Waals surface area contributed by atoms with Crippen molar-refractivity contribution in [3.63, 3.8) is 0 Å². The molecule has 1 saturated carbocycles. The van der Waals surface area contributed by atoms with Crippen LogP contribution in [0.5, 0.6) is 0 Å². The summed E-state index contributed by atoms with van der Waals surface area (Å²) in [6.45, 7) is 0. The zero-order chi connectivity index (χ0) is 14.2. The maximum atomic E-state index is 11.5. The number of aromatic nitrogens is 3. The van der Waals surface area contributed by atoms with Crippen LogP contribution in [0.3, 0.4) is 0 Å². The summed E-state index contributed by atoms with van der Waals surface area (Å²) in [5.74, 6) is 0.695. The first-order valence-corrected chi connectivity index (χ1v) is 8.11. The van der Waals surface area contributed by atoms with Crippen LogP contribution >= 0.6 is 0 Å². The standard InChI is InChI=1S/C13H16N4O2S/c14-20(18,19)13-16-15-12(17(13)11-7-8-11)9-6-10-4-2-1-3-5-10/h1-5,11H,6-9H2,(H2,14,18,19). The van der Waals surface area contributed by atoms with E-state index in [4.69, 9.17) is 5.14 Å². The molecule has 2 N–H and O–H groups in total. The second-order valence-electron chi connectivity index (χ2n) is 5.03. The van der Waals surface area contributed by atoms with Crippen LogP contribution in [0.1, 0.15) is 30.3 Å². The molecule has 2 aromatic rings. The maximum Gasteiger partial charge on any atom is 0.273 e. The first-order valence-electron chi connectivity index (χ1n) is 6.56. The molecule has 0 aliphatic heterocycles. The summed E-state index contributed by atoms with van der Waals surface area (Å²) in [5, 5.41) is 12.9. The normalized spacial score (nSPS) is 15.4. The Bertz CT molecular complexity index is 705. The summed E-state index contributed by atoms with van der Waals surface area (Å²) in [7, 11) is -3.81. The topological polar surface area (TPSA) is 90.9 Å². The summed E-state index contributed by atoms with van der Waals surface area (Å²) in [6, 6.07) is 10.2. The van der Waals surface area contributed by atoms with E-state index in [1.807, 2.05) is 30.3 Å². The van der Waals surface area contributed by atoms with E-state index in [1.165, 1.54) is 5.56 Å². The molecule has 1 aliphatic rings. The Morgan fingerprint density at radius 3 is 2.45 bits per heavy atom. The Labute approximate surface area is 117 Å². The molecule has 1 aromatic heterocycles. The number of hydrogen-bond acceptors (Lipinski definition) is 4. The maximum absolute atomic E-state index is 11.5. The Kier molecular flexibility index (Phi) is 3.31. The van der Waals surface area contributed by atoms with E-state index in [2.05, 4.69) is 10.2 Å². The van der Waals surface area contributed by atoms with Crippen LogP contribution in [0.2, 0.25) is 0 Å². The van der Waals surface area contributed by atoms with Crippen LogP contribution in [-0.4, -0.2) is 23.2 Å². The van der Waals surface area contributed by atoms with Crippen molar-refractivity contribution in [1.82, 2.24) is 14.8 Å². The molecule has 0 unspecified atom stereocenters. The number of hydrogen-bond donors (Lipinski definition) is 1. The number of sulfonamides is 1. The van der Waals surface area contributed by atoms with Crippen molar-refractivity contribution >= 4 is 10.0 Å². The van der Waals surface area contributed by atoms with E-state index >= 15 is 0 Å². The molecule has 0 amide bonds. The molecule has 3 rings (SSSR count). The number of benzene rings is 1. The van der Waals surface area contributed by atoms with Gasteiger partial charge in [0.1, 0.15) is 5.82 Å². The third-order valence-corrected chi connectivity index (χ3v) is 4.17. The summed E-state index contributed by atoms with van der Waals surface area (Å²) >= 11 is 0. The van der Waals surface area contributed by atoms with Gasteiger partial charge in [-0.05, 0) is 24.8 Å². The average molecular weight is 292 g/mol. The van der Waals surface area contributed by atoms with E-state index in [0.29, 0.717) is 12.2 Å². The van der Waals surface area contributed by atoms with Crippen LogP contribution in [0, 0.1) is 0 Å². The smallest absolute Gasteiger partial charge is 0.273 e. The van der Waals surface area contributed by atoms with E-state index in [1.54, 1.807) is 4.57 Å². The monoisotopic (exact) mass is 292 g/mol. The van der Waals surface area contributed by atoms with Crippen LogP contribution in [-0.2, 0) is 22.9 Å². The highest BCUT2D eigenvalue weighted by molar-refractivity contribution is 7.89. The van der Waals surface area contributed by atoms with E-state index in [0.717, 1.165) is 19.3 Å². The largest absolute Gasteiger partial charge is 0.298 e. The predicted octanol–water partition coefficient (Wildman–Crippen LogP) is 1.05. The van der Waals surface area contributed by atoms with Gasteiger partial charge in [-0.1, -0.05) is 30.3 Å². The molecule has 0 spiro atoms. The first-order chi connectivity index (χ1) is 9.55. The Hall–Kier alpha value is -1.73. The minimum Gasteiger partial charge on any atom is -0.298 e. The Morgan fingerprint density at radius 1 is 1.15 bits per heavy atom. The fourth-order valence-corrected chi connectivity index (χ4v) is 2.96. The molecule has 0 atom stereocenters. The molecular weight excluding hydrogens is 276 g/mol. The van der Waals surface area contributed by atoms with Crippen molar-refractivity contribution in [1.29, 1.82) is 0 Å². The van der Waals surface area contributed by atoms with Crippen molar-refractivity contribution in [3.8, 4) is 0 Å². The molecule has 0 radical (unpaired) electrons. The van der Waals surface area contributed by atoms with Gasteiger partial charge in [0.2, 0.25) is 0 Å². The molecule has 1 heterocycles. The van der Waals surface area contributed by atoms with Crippen molar-refractivity contribution in [2.75, 3.05) is 0 Å². The predicted molar refractivity (Wildman–Crippen MR) is 73.5 cm³/mol. The van der Waals surface area contributed by atoms with Gasteiger partial charge < -0.3 is 0 Å². The molecule has 20 heavy (non-hydrogen) atoms. The molecular formula is C13H16N4O2S. The average Bonchev–Trinajstić information content (AvgIpc) is 3.16. The first kappa shape index (κ1) is 13.3. The SMILES string of the molecule is NS(=O)(=O)c1nnc(CCc2ccccc2)n1C1CC1. The molecule has 1 fully saturated rings. The summed E-state index contributed by atoms with van der Waals surface area (Å²) < 4.78 is 24.7. The Morgan fingerprint density at radius 2 is 1.85 bits per heavy atom. The van der Waals surface area contributed by atoms with Crippen molar-refractivity contribution in [2.24, 2.45) is 5.14 Å². The van der Waals surface area contributed by atoms with Gasteiger partial charge in [0.25, 0.3) is 15.2 Å². The van der Waals surface area contributed by atoms with E-state index < -0.39 is 10.0 Å². The summed E-state index contributed by atoms with van der Waals surface area (Å²) in [4.78, 5) is 0. The summed E-state index contributed by atoms with van der Waals surface area (Å²) in [5.41, 5.74) is 1.19. The van der Waals surface area contributed by atoms with Crippen LogP contribution in [0.15, 0.2) is 35.5 Å². The second-order valence-corrected chi connectivity index (χ2v) is 6.49. The van der Waals surface area contributed by atoms with E-state index in [-0.39, 0.29) is 11.2 Å². The van der Waals surface area contributed by atoms with E-state index in [9.17, 15) is 8.42 Å². The fourth-order valence-electron chi connectivity index (χ4n) is 2.27. The number of nitrogens with two attached hydrogens (primary N) is 1. The molecule has 106 valence electrons. The van der Waals surface area contributed by atoms with Crippen LogP contribution in [0.25, 0.3) is 0 Å². The lowest BCUT2D eigenvalue weighted by atomic mass is 10.1. The van der Waals surface area contributed by atoms with Crippen LogP contribution in [0.4, 0.5) is 0 Å². The van der Waals surface area contributed by atoms with Crippen molar-refractivity contribution < 1.29 is 8.42 Å². The highest BCUT2D eigenvalue weighted by Gasteiger charge is 2.32. The van der Waals surface area contributed by atoms with Gasteiger partial charge in [0.15, 0.2) is 0 Å². The zero-order valence-corrected chi connectivity index (χ0v) is 11.8. The highest BCUT2D eigenvalue weighted by Crippen LogP contribution is 2.37. The second kappa shape index (κ2) is 4.99. The van der Waals surface area contributed by atoms with Crippen molar-refractivity contribution in [2.45, 2.75) is 36.9 Å². The lowest BCUT2D eigenvalue weighted by molar-refractivity contribution is 0.558. The third-order valence-electron chi connectivity index (χ3n) is 3.38. The lowest BCUT2D eigenvalue weighted by Crippen LogP contribution is -2.19. The van der Waals surface area contributed by atoms with Crippen molar-refractivity contribution in [3.05, 3.63) is 41.7 Å². The van der Waals surface area contributed by atoms with Gasteiger partial charge >= 0.3 is 0 Å². The quantitative estimate of drug-likeness (QED) is 0.891. The number of rotatable bonds is 5. The minimum atomic E-state index is -3.81. The van der Waals surface area contributed by atoms with Gasteiger partial charge in [0.05, 0.1) is 0 Å². The number of primary sulfonamides is 1. The highest BCUT2D eigenvalue weighted by atomic mass is 32.2. The zero-order valence-electron chi connectivity index (χ0n) is 10.9. The lowest BCUT2D eigenvalue weighted by Gasteiger charge is -2.07. The third kappa shape index (κ3) is 2.73. The molecule has 7 heteroatoms. The molecule has 1 aromatic carbocycles. The minimum absolute atomic E-state index is 0.108. The summed E-state index contributed by atoms with van der Waals surface area (Å²) in [6.07, 6.45) is 3.37. The van der Waals surface area contributed by atoms with Gasteiger partial charge in [-0.3, -0.25) is 4.57 Å². The van der Waals surface area contributed by atoms with Gasteiger partial charge in [-0.15, -0.1) is 10.2 Å². The Balaban J connectivity index is 1.85.